The van der Waals surface area contributed by atoms with Crippen LogP contribution in [0.3, 0.4) is 0 Å². The van der Waals surface area contributed by atoms with Crippen molar-refractivity contribution in [2.24, 2.45) is 0 Å². The Morgan fingerprint density at radius 1 is 1.29 bits per heavy atom. The molecule has 14 heavy (non-hydrogen) atoms. The number of nitrogens with zero attached hydrogens (tertiary/aromatic N) is 1. The Kier molecular flexibility index (Phi) is 1.96. The van der Waals surface area contributed by atoms with Gasteiger partial charge in [-0.3, -0.25) is 0 Å². The molecule has 1 aromatic carbocycles. The summed E-state index contributed by atoms with van der Waals surface area (Å²) in [6.45, 7) is 0. The smallest absolute Gasteiger partial charge is 0.218 e. The van der Waals surface area contributed by atoms with Gasteiger partial charge in [0, 0.05) is 17.0 Å². The van der Waals surface area contributed by atoms with Crippen molar-refractivity contribution < 1.29 is 14.2 Å². The zero-order valence-corrected chi connectivity index (χ0v) is 7.49. The van der Waals surface area contributed by atoms with E-state index < -0.39 is 5.82 Å². The van der Waals surface area contributed by atoms with Crippen molar-refractivity contribution in [1.29, 1.82) is 0 Å². The fourth-order valence-corrected chi connectivity index (χ4v) is 1.34. The van der Waals surface area contributed by atoms with E-state index in [9.17, 15) is 9.50 Å². The average molecular weight is 193 g/mol. The van der Waals surface area contributed by atoms with Gasteiger partial charge in [-0.15, -0.1) is 0 Å². The van der Waals surface area contributed by atoms with Crippen LogP contribution < -0.4 is 4.74 Å². The molecule has 2 rings (SSSR count). The molecule has 0 aliphatic rings. The zero-order chi connectivity index (χ0) is 10.1. The Morgan fingerprint density at radius 3 is 2.79 bits per heavy atom. The lowest BCUT2D eigenvalue weighted by Crippen LogP contribution is -1.89. The molecule has 0 amide bonds. The van der Waals surface area contributed by atoms with Gasteiger partial charge in [0.25, 0.3) is 0 Å². The third-order valence-corrected chi connectivity index (χ3v) is 2.04. The quantitative estimate of drug-likeness (QED) is 0.754. The Labute approximate surface area is 79.8 Å². The van der Waals surface area contributed by atoms with Gasteiger partial charge in [0.1, 0.15) is 0 Å². The normalized spacial score (nSPS) is 10.4. The molecule has 0 aliphatic carbocycles. The molecule has 0 bridgehead atoms. The van der Waals surface area contributed by atoms with Crippen LogP contribution in [0.5, 0.6) is 11.6 Å². The van der Waals surface area contributed by atoms with Gasteiger partial charge in [-0.1, -0.05) is 0 Å². The lowest BCUT2D eigenvalue weighted by atomic mass is 10.1. The second kappa shape index (κ2) is 3.14. The summed E-state index contributed by atoms with van der Waals surface area (Å²) in [5.74, 6) is -0.505. The van der Waals surface area contributed by atoms with Crippen molar-refractivity contribution in [2.45, 2.75) is 0 Å². The van der Waals surface area contributed by atoms with Gasteiger partial charge < -0.3 is 9.84 Å². The van der Waals surface area contributed by atoms with Gasteiger partial charge in [0.15, 0.2) is 11.6 Å². The largest absolute Gasteiger partial charge is 0.494 e. The van der Waals surface area contributed by atoms with Gasteiger partial charge in [-0.2, -0.15) is 0 Å². The molecular formula is C10H8FNO2. The van der Waals surface area contributed by atoms with Gasteiger partial charge in [0.2, 0.25) is 5.88 Å². The van der Waals surface area contributed by atoms with E-state index in [0.29, 0.717) is 10.8 Å². The van der Waals surface area contributed by atoms with E-state index in [-0.39, 0.29) is 11.6 Å². The summed E-state index contributed by atoms with van der Waals surface area (Å²) in [6, 6.07) is 4.52. The number of rotatable bonds is 1. The molecular weight excluding hydrogens is 185 g/mol. The molecule has 72 valence electrons. The Morgan fingerprint density at radius 2 is 2.07 bits per heavy atom. The molecule has 1 heterocycles. The zero-order valence-electron chi connectivity index (χ0n) is 7.49. The van der Waals surface area contributed by atoms with Crippen molar-refractivity contribution in [3.05, 3.63) is 30.2 Å². The maximum absolute atomic E-state index is 13.6. The predicted molar refractivity (Wildman–Crippen MR) is 49.9 cm³/mol. The van der Waals surface area contributed by atoms with E-state index in [0.717, 1.165) is 0 Å². The molecule has 3 nitrogen and oxygen atoms in total. The lowest BCUT2D eigenvalue weighted by molar-refractivity contribution is 0.389. The summed E-state index contributed by atoms with van der Waals surface area (Å²) < 4.78 is 18.4. The van der Waals surface area contributed by atoms with E-state index >= 15 is 0 Å². The van der Waals surface area contributed by atoms with Crippen molar-refractivity contribution in [3.63, 3.8) is 0 Å². The first-order valence-corrected chi connectivity index (χ1v) is 4.04. The SMILES string of the molecule is COc1ccc2c(O)nccc2c1F. The van der Waals surface area contributed by atoms with Crippen molar-refractivity contribution >= 4 is 10.8 Å². The third-order valence-electron chi connectivity index (χ3n) is 2.04. The number of aromatic nitrogens is 1. The minimum atomic E-state index is -0.484. The number of ether oxygens (including phenoxy) is 1. The van der Waals surface area contributed by atoms with Gasteiger partial charge in [-0.25, -0.2) is 9.37 Å². The summed E-state index contributed by atoms with van der Waals surface area (Å²) in [5.41, 5.74) is 0. The minimum absolute atomic E-state index is 0.156. The first-order valence-electron chi connectivity index (χ1n) is 4.04. The minimum Gasteiger partial charge on any atom is -0.494 e. The maximum Gasteiger partial charge on any atom is 0.218 e. The number of aromatic hydroxyl groups is 1. The van der Waals surface area contributed by atoms with Crippen molar-refractivity contribution in [1.82, 2.24) is 4.98 Å². The molecule has 0 saturated heterocycles. The third kappa shape index (κ3) is 1.16. The molecule has 1 aromatic heterocycles. The van der Waals surface area contributed by atoms with Gasteiger partial charge >= 0.3 is 0 Å². The second-order valence-electron chi connectivity index (χ2n) is 2.81. The van der Waals surface area contributed by atoms with E-state index in [1.54, 1.807) is 6.07 Å². The molecule has 4 heteroatoms. The highest BCUT2D eigenvalue weighted by molar-refractivity contribution is 5.88. The first-order chi connectivity index (χ1) is 6.74. The molecule has 0 unspecified atom stereocenters. The summed E-state index contributed by atoms with van der Waals surface area (Å²) in [4.78, 5) is 3.65. The van der Waals surface area contributed by atoms with Crippen LogP contribution in [-0.4, -0.2) is 17.2 Å². The number of hydrogen-bond acceptors (Lipinski definition) is 3. The van der Waals surface area contributed by atoms with Crippen LogP contribution in [0, 0.1) is 5.82 Å². The van der Waals surface area contributed by atoms with Crippen molar-refractivity contribution in [3.8, 4) is 11.6 Å². The van der Waals surface area contributed by atoms with E-state index in [1.165, 1.54) is 25.4 Å². The number of benzene rings is 1. The molecule has 0 fully saturated rings. The molecule has 0 radical (unpaired) electrons. The van der Waals surface area contributed by atoms with Gasteiger partial charge in [-0.05, 0) is 18.2 Å². The number of halogens is 1. The Balaban J connectivity index is 2.84. The number of methoxy groups -OCH3 is 1. The van der Waals surface area contributed by atoms with Crippen LogP contribution >= 0.6 is 0 Å². The second-order valence-corrected chi connectivity index (χ2v) is 2.81. The van der Waals surface area contributed by atoms with Crippen LogP contribution in [0.1, 0.15) is 0 Å². The standard InChI is InChI=1S/C10H8FNO2/c1-14-8-3-2-7-6(9(8)11)4-5-12-10(7)13/h2-5H,1H3,(H,12,13). The van der Waals surface area contributed by atoms with Crippen LogP contribution in [0.15, 0.2) is 24.4 Å². The monoisotopic (exact) mass is 193 g/mol. The highest BCUT2D eigenvalue weighted by atomic mass is 19.1. The lowest BCUT2D eigenvalue weighted by Gasteiger charge is -2.05. The average Bonchev–Trinajstić information content (AvgIpc) is 2.20. The highest BCUT2D eigenvalue weighted by Gasteiger charge is 2.09. The maximum atomic E-state index is 13.6. The van der Waals surface area contributed by atoms with E-state index in [2.05, 4.69) is 4.98 Å². The highest BCUT2D eigenvalue weighted by Crippen LogP contribution is 2.29. The summed E-state index contributed by atoms with van der Waals surface area (Å²) >= 11 is 0. The number of hydrogen-bond donors (Lipinski definition) is 1. The number of fused-ring (bicyclic) bond motifs is 1. The topological polar surface area (TPSA) is 42.4 Å². The van der Waals surface area contributed by atoms with Crippen LogP contribution in [0.2, 0.25) is 0 Å². The molecule has 0 aliphatic heterocycles. The fourth-order valence-electron chi connectivity index (χ4n) is 1.34. The first kappa shape index (κ1) is 8.74. The van der Waals surface area contributed by atoms with E-state index in [4.69, 9.17) is 4.74 Å². The van der Waals surface area contributed by atoms with E-state index in [1.807, 2.05) is 0 Å². The summed E-state index contributed by atoms with van der Waals surface area (Å²) in [7, 11) is 1.39. The summed E-state index contributed by atoms with van der Waals surface area (Å²) in [5, 5.41) is 10.0. The van der Waals surface area contributed by atoms with Crippen LogP contribution in [0.25, 0.3) is 10.8 Å². The number of pyridine rings is 1. The van der Waals surface area contributed by atoms with Gasteiger partial charge in [0.05, 0.1) is 7.11 Å². The Hall–Kier alpha value is -1.84. The molecule has 1 N–H and O–H groups in total. The fraction of sp³-hybridized carbons (Fsp3) is 0.100. The molecule has 0 spiro atoms. The summed E-state index contributed by atoms with van der Waals surface area (Å²) in [6.07, 6.45) is 1.35. The Bertz CT molecular complexity index is 485. The van der Waals surface area contributed by atoms with Crippen LogP contribution in [-0.2, 0) is 0 Å². The van der Waals surface area contributed by atoms with Crippen molar-refractivity contribution in [2.75, 3.05) is 7.11 Å². The molecule has 0 atom stereocenters. The predicted octanol–water partition coefficient (Wildman–Crippen LogP) is 2.09. The molecule has 0 saturated carbocycles. The molecule has 2 aromatic rings. The van der Waals surface area contributed by atoms with Crippen LogP contribution in [0.4, 0.5) is 4.39 Å².